The van der Waals surface area contributed by atoms with Crippen LogP contribution >= 0.6 is 15.9 Å². The van der Waals surface area contributed by atoms with Gasteiger partial charge in [0, 0.05) is 11.0 Å². The third-order valence-corrected chi connectivity index (χ3v) is 2.93. The zero-order chi connectivity index (χ0) is 10.8. The standard InChI is InChI=1S/C11H16BrNO/c1-11(2,3)9-5-4-6-10(12)8(9)7-13-14/h4-6,13-14H,7H2,1-3H3. The van der Waals surface area contributed by atoms with E-state index in [2.05, 4.69) is 48.2 Å². The molecule has 1 aromatic carbocycles. The van der Waals surface area contributed by atoms with Crippen molar-refractivity contribution in [3.63, 3.8) is 0 Å². The summed E-state index contributed by atoms with van der Waals surface area (Å²) in [7, 11) is 0. The molecule has 0 saturated heterocycles. The average molecular weight is 258 g/mol. The van der Waals surface area contributed by atoms with E-state index < -0.39 is 0 Å². The number of nitrogens with one attached hydrogen (secondary N) is 1. The van der Waals surface area contributed by atoms with Gasteiger partial charge < -0.3 is 5.21 Å². The fraction of sp³-hybridized carbons (Fsp3) is 0.455. The van der Waals surface area contributed by atoms with E-state index in [-0.39, 0.29) is 5.41 Å². The van der Waals surface area contributed by atoms with E-state index in [1.54, 1.807) is 0 Å². The van der Waals surface area contributed by atoms with Gasteiger partial charge in [-0.25, -0.2) is 5.48 Å². The average Bonchev–Trinajstić information content (AvgIpc) is 2.07. The maximum absolute atomic E-state index is 8.76. The van der Waals surface area contributed by atoms with Gasteiger partial charge in [0.25, 0.3) is 0 Å². The van der Waals surface area contributed by atoms with Gasteiger partial charge in [0.05, 0.1) is 0 Å². The van der Waals surface area contributed by atoms with E-state index in [1.165, 1.54) is 5.56 Å². The van der Waals surface area contributed by atoms with Crippen molar-refractivity contribution in [2.75, 3.05) is 0 Å². The molecule has 1 aromatic rings. The molecule has 0 fully saturated rings. The van der Waals surface area contributed by atoms with Gasteiger partial charge in [-0.3, -0.25) is 0 Å². The summed E-state index contributed by atoms with van der Waals surface area (Å²) in [6.45, 7) is 6.95. The maximum atomic E-state index is 8.76. The molecule has 0 heterocycles. The first-order valence-corrected chi connectivity index (χ1v) is 5.41. The molecule has 3 heteroatoms. The SMILES string of the molecule is CC(C)(C)c1cccc(Br)c1CNO. The molecule has 78 valence electrons. The smallest absolute Gasteiger partial charge is 0.0472 e. The summed E-state index contributed by atoms with van der Waals surface area (Å²) in [5, 5.41) is 8.76. The maximum Gasteiger partial charge on any atom is 0.0472 e. The van der Waals surface area contributed by atoms with Crippen molar-refractivity contribution in [1.82, 2.24) is 5.48 Å². The molecule has 1 rings (SSSR count). The summed E-state index contributed by atoms with van der Waals surface area (Å²) in [5.74, 6) is 0. The van der Waals surface area contributed by atoms with Crippen molar-refractivity contribution >= 4 is 15.9 Å². The van der Waals surface area contributed by atoms with Crippen LogP contribution in [-0.4, -0.2) is 5.21 Å². The van der Waals surface area contributed by atoms with E-state index >= 15 is 0 Å². The Morgan fingerprint density at radius 1 is 1.36 bits per heavy atom. The molecule has 0 spiro atoms. The second-order valence-electron chi connectivity index (χ2n) is 4.35. The van der Waals surface area contributed by atoms with E-state index in [0.29, 0.717) is 6.54 Å². The molecule has 0 aliphatic carbocycles. The van der Waals surface area contributed by atoms with Crippen LogP contribution in [0, 0.1) is 0 Å². The highest BCUT2D eigenvalue weighted by atomic mass is 79.9. The Balaban J connectivity index is 3.21. The van der Waals surface area contributed by atoms with Crippen LogP contribution in [0.25, 0.3) is 0 Å². The van der Waals surface area contributed by atoms with Gasteiger partial charge in [-0.1, -0.05) is 48.8 Å². The summed E-state index contributed by atoms with van der Waals surface area (Å²) in [5.41, 5.74) is 4.66. The lowest BCUT2D eigenvalue weighted by Gasteiger charge is -2.23. The molecule has 0 radical (unpaired) electrons. The Labute approximate surface area is 93.4 Å². The van der Waals surface area contributed by atoms with Gasteiger partial charge in [-0.05, 0) is 22.6 Å². The zero-order valence-electron chi connectivity index (χ0n) is 8.76. The number of benzene rings is 1. The Kier molecular flexibility index (Phi) is 3.70. The van der Waals surface area contributed by atoms with Crippen molar-refractivity contribution in [3.8, 4) is 0 Å². The number of hydrogen-bond donors (Lipinski definition) is 2. The fourth-order valence-electron chi connectivity index (χ4n) is 1.52. The van der Waals surface area contributed by atoms with Crippen LogP contribution in [-0.2, 0) is 12.0 Å². The molecule has 0 unspecified atom stereocenters. The van der Waals surface area contributed by atoms with E-state index in [9.17, 15) is 0 Å². The largest absolute Gasteiger partial charge is 0.316 e. The highest BCUT2D eigenvalue weighted by Gasteiger charge is 2.18. The molecule has 2 N–H and O–H groups in total. The number of rotatable bonds is 2. The second kappa shape index (κ2) is 4.43. The van der Waals surface area contributed by atoms with Crippen molar-refractivity contribution in [2.45, 2.75) is 32.7 Å². The predicted octanol–water partition coefficient (Wildman–Crippen LogP) is 3.23. The topological polar surface area (TPSA) is 32.3 Å². The first-order valence-electron chi connectivity index (χ1n) is 4.61. The van der Waals surface area contributed by atoms with Gasteiger partial charge in [0.1, 0.15) is 0 Å². The molecule has 0 amide bonds. The molecular formula is C11H16BrNO. The Morgan fingerprint density at radius 2 is 2.00 bits per heavy atom. The summed E-state index contributed by atoms with van der Waals surface area (Å²) >= 11 is 3.49. The van der Waals surface area contributed by atoms with Crippen molar-refractivity contribution in [1.29, 1.82) is 0 Å². The minimum atomic E-state index is 0.0932. The first kappa shape index (κ1) is 11.7. The summed E-state index contributed by atoms with van der Waals surface area (Å²) in [4.78, 5) is 0. The van der Waals surface area contributed by atoms with E-state index in [4.69, 9.17) is 5.21 Å². The molecular weight excluding hydrogens is 242 g/mol. The van der Waals surface area contributed by atoms with E-state index in [1.807, 2.05) is 12.1 Å². The molecule has 0 atom stereocenters. The van der Waals surface area contributed by atoms with Crippen LogP contribution in [0.4, 0.5) is 0 Å². The van der Waals surface area contributed by atoms with Crippen molar-refractivity contribution < 1.29 is 5.21 Å². The highest BCUT2D eigenvalue weighted by molar-refractivity contribution is 9.10. The predicted molar refractivity (Wildman–Crippen MR) is 61.5 cm³/mol. The normalized spacial score (nSPS) is 11.8. The minimum absolute atomic E-state index is 0.0932. The molecule has 0 aliphatic heterocycles. The Hall–Kier alpha value is -0.380. The number of halogens is 1. The molecule has 0 aliphatic rings. The van der Waals surface area contributed by atoms with Crippen LogP contribution in [0.5, 0.6) is 0 Å². The molecule has 0 aromatic heterocycles. The molecule has 0 saturated carbocycles. The van der Waals surface area contributed by atoms with E-state index in [0.717, 1.165) is 10.0 Å². The monoisotopic (exact) mass is 257 g/mol. The first-order chi connectivity index (χ1) is 6.46. The van der Waals surface area contributed by atoms with Crippen LogP contribution in [0.15, 0.2) is 22.7 Å². The summed E-state index contributed by atoms with van der Waals surface area (Å²) in [6.07, 6.45) is 0. The third kappa shape index (κ3) is 2.56. The van der Waals surface area contributed by atoms with Crippen molar-refractivity contribution in [2.24, 2.45) is 0 Å². The lowest BCUT2D eigenvalue weighted by Crippen LogP contribution is -2.18. The summed E-state index contributed by atoms with van der Waals surface area (Å²) in [6, 6.07) is 6.10. The van der Waals surface area contributed by atoms with Crippen LogP contribution in [0.3, 0.4) is 0 Å². The fourth-order valence-corrected chi connectivity index (χ4v) is 2.03. The number of hydroxylamine groups is 1. The van der Waals surface area contributed by atoms with Gasteiger partial charge in [-0.15, -0.1) is 0 Å². The van der Waals surface area contributed by atoms with Gasteiger partial charge in [-0.2, -0.15) is 0 Å². The van der Waals surface area contributed by atoms with Crippen molar-refractivity contribution in [3.05, 3.63) is 33.8 Å². The summed E-state index contributed by atoms with van der Waals surface area (Å²) < 4.78 is 1.03. The van der Waals surface area contributed by atoms with Crippen LogP contribution < -0.4 is 5.48 Å². The zero-order valence-corrected chi connectivity index (χ0v) is 10.4. The van der Waals surface area contributed by atoms with Crippen LogP contribution in [0.2, 0.25) is 0 Å². The molecule has 2 nitrogen and oxygen atoms in total. The lowest BCUT2D eigenvalue weighted by molar-refractivity contribution is 0.160. The molecule has 0 bridgehead atoms. The quantitative estimate of drug-likeness (QED) is 0.798. The molecule has 14 heavy (non-hydrogen) atoms. The highest BCUT2D eigenvalue weighted by Crippen LogP contribution is 2.30. The van der Waals surface area contributed by atoms with Crippen LogP contribution in [0.1, 0.15) is 31.9 Å². The van der Waals surface area contributed by atoms with Gasteiger partial charge in [0.15, 0.2) is 0 Å². The minimum Gasteiger partial charge on any atom is -0.316 e. The Morgan fingerprint density at radius 3 is 2.50 bits per heavy atom. The third-order valence-electron chi connectivity index (χ3n) is 2.18. The second-order valence-corrected chi connectivity index (χ2v) is 5.21. The van der Waals surface area contributed by atoms with Gasteiger partial charge in [0.2, 0.25) is 0 Å². The van der Waals surface area contributed by atoms with Gasteiger partial charge >= 0.3 is 0 Å². The Bertz CT molecular complexity index is 318. The lowest BCUT2D eigenvalue weighted by atomic mass is 9.84. The number of hydrogen-bond acceptors (Lipinski definition) is 2.